The van der Waals surface area contributed by atoms with Crippen LogP contribution < -0.4 is 0 Å². The number of hydrogen-bond donors (Lipinski definition) is 0. The summed E-state index contributed by atoms with van der Waals surface area (Å²) in [7, 11) is 0. The zero-order valence-corrected chi connectivity index (χ0v) is 16.2. The van der Waals surface area contributed by atoms with Crippen LogP contribution in [0.5, 0.6) is 0 Å². The maximum Gasteiger partial charge on any atom is 0.227 e. The number of rotatable bonds is 1. The average molecular weight is 410 g/mol. The Bertz CT molecular complexity index is 1770. The van der Waals surface area contributed by atoms with Gasteiger partial charge in [0.2, 0.25) is 5.89 Å². The van der Waals surface area contributed by atoms with Gasteiger partial charge in [-0.15, -0.1) is 0 Å². The first kappa shape index (κ1) is 16.1. The monoisotopic (exact) mass is 409 g/mol. The van der Waals surface area contributed by atoms with E-state index in [-0.39, 0.29) is 0 Å². The second kappa shape index (κ2) is 5.65. The van der Waals surface area contributed by atoms with E-state index >= 15 is 0 Å². The predicted octanol–water partition coefficient (Wildman–Crippen LogP) is 7.95. The molecule has 0 aliphatic rings. The Morgan fingerprint density at radius 2 is 1.43 bits per heavy atom. The second-order valence-corrected chi connectivity index (χ2v) is 7.77. The fourth-order valence-corrected chi connectivity index (χ4v) is 4.38. The molecule has 30 heavy (non-hydrogen) atoms. The van der Waals surface area contributed by atoms with E-state index in [0.29, 0.717) is 22.1 Å². The van der Waals surface area contributed by atoms with Gasteiger partial charge in [-0.05, 0) is 36.4 Å². The Morgan fingerprint density at radius 1 is 0.600 bits per heavy atom. The van der Waals surface area contributed by atoms with Crippen LogP contribution >= 0.6 is 11.6 Å². The first-order valence-electron chi connectivity index (χ1n) is 9.58. The molecule has 0 unspecified atom stereocenters. The molecule has 7 rings (SSSR count). The summed E-state index contributed by atoms with van der Waals surface area (Å²) in [6.07, 6.45) is 0. The van der Waals surface area contributed by atoms with Gasteiger partial charge in [-0.2, -0.15) is 0 Å². The number of nitrogens with zero attached hydrogens (tertiary/aromatic N) is 1. The van der Waals surface area contributed by atoms with Crippen LogP contribution in [0.1, 0.15) is 0 Å². The molecule has 0 saturated carbocycles. The van der Waals surface area contributed by atoms with E-state index in [9.17, 15) is 0 Å². The van der Waals surface area contributed by atoms with Crippen LogP contribution in [-0.2, 0) is 0 Å². The summed E-state index contributed by atoms with van der Waals surface area (Å²) >= 11 is 6.28. The van der Waals surface area contributed by atoms with Gasteiger partial charge in [0, 0.05) is 33.2 Å². The largest absolute Gasteiger partial charge is 0.456 e. The van der Waals surface area contributed by atoms with E-state index in [1.54, 1.807) is 0 Å². The number of para-hydroxylation sites is 2. The van der Waals surface area contributed by atoms with Crippen molar-refractivity contribution in [2.75, 3.05) is 0 Å². The Labute approximate surface area is 174 Å². The number of fused-ring (bicyclic) bond motifs is 7. The number of halogens is 1. The average Bonchev–Trinajstić information content (AvgIpc) is 3.45. The van der Waals surface area contributed by atoms with Crippen molar-refractivity contribution in [3.63, 3.8) is 0 Å². The number of hydrogen-bond acceptors (Lipinski definition) is 4. The van der Waals surface area contributed by atoms with Gasteiger partial charge in [0.15, 0.2) is 11.2 Å². The van der Waals surface area contributed by atoms with Gasteiger partial charge in [0.05, 0.1) is 5.02 Å². The molecule has 0 N–H and O–H groups in total. The molecule has 0 spiro atoms. The van der Waals surface area contributed by atoms with E-state index in [0.717, 1.165) is 49.4 Å². The molecular formula is C25H12ClNO3. The maximum atomic E-state index is 6.28. The summed E-state index contributed by atoms with van der Waals surface area (Å²) in [5.74, 6) is 0.562. The lowest BCUT2D eigenvalue weighted by Crippen LogP contribution is -1.77. The van der Waals surface area contributed by atoms with Crippen LogP contribution in [0.25, 0.3) is 66.4 Å². The van der Waals surface area contributed by atoms with Crippen LogP contribution in [-0.4, -0.2) is 4.98 Å². The van der Waals surface area contributed by atoms with Crippen molar-refractivity contribution in [3.8, 4) is 11.5 Å². The maximum absolute atomic E-state index is 6.28. The zero-order valence-electron chi connectivity index (χ0n) is 15.5. The highest BCUT2D eigenvalue weighted by Gasteiger charge is 2.16. The SMILES string of the molecule is Clc1cccc2c1oc1cc3oc(-c4ccc5oc6ccccc6c5c4)nc3cc12. The minimum Gasteiger partial charge on any atom is -0.456 e. The Morgan fingerprint density at radius 3 is 2.40 bits per heavy atom. The third-order valence-electron chi connectivity index (χ3n) is 5.58. The Kier molecular flexibility index (Phi) is 3.03. The molecular weight excluding hydrogens is 398 g/mol. The predicted molar refractivity (Wildman–Crippen MR) is 119 cm³/mol. The number of oxazole rings is 1. The van der Waals surface area contributed by atoms with Crippen molar-refractivity contribution in [2.45, 2.75) is 0 Å². The van der Waals surface area contributed by atoms with E-state index in [1.165, 1.54) is 0 Å². The summed E-state index contributed by atoms with van der Waals surface area (Å²) < 4.78 is 18.0. The molecule has 0 radical (unpaired) electrons. The molecule has 4 aromatic carbocycles. The smallest absolute Gasteiger partial charge is 0.227 e. The van der Waals surface area contributed by atoms with E-state index in [4.69, 9.17) is 29.8 Å². The standard InChI is InChI=1S/C25H12ClNO3/c26-18-6-3-5-15-17-11-19-23(12-22(17)29-24(15)18)30-25(27-19)13-8-9-21-16(10-13)14-4-1-2-7-20(14)28-21/h1-12H. The summed E-state index contributed by atoms with van der Waals surface area (Å²) in [4.78, 5) is 4.74. The topological polar surface area (TPSA) is 52.3 Å². The van der Waals surface area contributed by atoms with Crippen LogP contribution in [0.15, 0.2) is 86.0 Å². The molecule has 5 heteroatoms. The van der Waals surface area contributed by atoms with Crippen molar-refractivity contribution < 1.29 is 13.3 Å². The molecule has 142 valence electrons. The lowest BCUT2D eigenvalue weighted by molar-refractivity contribution is 0.617. The lowest BCUT2D eigenvalue weighted by atomic mass is 10.1. The second-order valence-electron chi connectivity index (χ2n) is 7.36. The highest BCUT2D eigenvalue weighted by Crippen LogP contribution is 2.37. The third kappa shape index (κ3) is 2.14. The molecule has 0 aliphatic heterocycles. The van der Waals surface area contributed by atoms with Crippen LogP contribution in [0.4, 0.5) is 0 Å². The van der Waals surface area contributed by atoms with Gasteiger partial charge in [0.1, 0.15) is 22.3 Å². The summed E-state index contributed by atoms with van der Waals surface area (Å²) in [5.41, 5.74) is 5.46. The van der Waals surface area contributed by atoms with Crippen LogP contribution in [0, 0.1) is 0 Å². The fourth-order valence-electron chi connectivity index (χ4n) is 4.17. The fraction of sp³-hybridized carbons (Fsp3) is 0. The normalized spacial score (nSPS) is 12.2. The summed E-state index contributed by atoms with van der Waals surface area (Å²) in [6, 6.07) is 23.6. The van der Waals surface area contributed by atoms with Crippen molar-refractivity contribution in [1.82, 2.24) is 4.98 Å². The number of aromatic nitrogens is 1. The van der Waals surface area contributed by atoms with E-state index < -0.39 is 0 Å². The van der Waals surface area contributed by atoms with E-state index in [1.807, 2.05) is 60.7 Å². The molecule has 0 aliphatic carbocycles. The molecule has 0 fully saturated rings. The van der Waals surface area contributed by atoms with Crippen molar-refractivity contribution in [2.24, 2.45) is 0 Å². The number of benzene rings is 4. The molecule has 0 saturated heterocycles. The molecule has 0 amide bonds. The molecule has 7 aromatic rings. The molecule has 0 bridgehead atoms. The van der Waals surface area contributed by atoms with E-state index in [2.05, 4.69) is 12.1 Å². The van der Waals surface area contributed by atoms with Crippen LogP contribution in [0.2, 0.25) is 5.02 Å². The van der Waals surface area contributed by atoms with Gasteiger partial charge in [-0.3, -0.25) is 0 Å². The molecule has 0 atom stereocenters. The minimum absolute atomic E-state index is 0.562. The van der Waals surface area contributed by atoms with Gasteiger partial charge in [-0.25, -0.2) is 4.98 Å². The molecule has 3 heterocycles. The minimum atomic E-state index is 0.562. The lowest BCUT2D eigenvalue weighted by Gasteiger charge is -1.95. The van der Waals surface area contributed by atoms with Crippen molar-refractivity contribution in [1.29, 1.82) is 0 Å². The van der Waals surface area contributed by atoms with Gasteiger partial charge in [0.25, 0.3) is 0 Å². The van der Waals surface area contributed by atoms with Gasteiger partial charge < -0.3 is 13.3 Å². The Hall–Kier alpha value is -3.76. The highest BCUT2D eigenvalue weighted by atomic mass is 35.5. The third-order valence-corrected chi connectivity index (χ3v) is 5.88. The van der Waals surface area contributed by atoms with Gasteiger partial charge in [-0.1, -0.05) is 41.9 Å². The molecule has 3 aromatic heterocycles. The Balaban J connectivity index is 1.45. The number of furan rings is 2. The highest BCUT2D eigenvalue weighted by molar-refractivity contribution is 6.35. The summed E-state index contributed by atoms with van der Waals surface area (Å²) in [6.45, 7) is 0. The summed E-state index contributed by atoms with van der Waals surface area (Å²) in [5, 5.41) is 4.65. The molecule has 4 nitrogen and oxygen atoms in total. The quantitative estimate of drug-likeness (QED) is 0.276. The zero-order chi connectivity index (χ0) is 19.8. The van der Waals surface area contributed by atoms with Crippen LogP contribution in [0.3, 0.4) is 0 Å². The van der Waals surface area contributed by atoms with Crippen molar-refractivity contribution >= 4 is 66.6 Å². The van der Waals surface area contributed by atoms with Crippen molar-refractivity contribution in [3.05, 3.63) is 77.8 Å². The first-order valence-corrected chi connectivity index (χ1v) is 9.95. The first-order chi connectivity index (χ1) is 14.7. The van der Waals surface area contributed by atoms with Gasteiger partial charge >= 0.3 is 0 Å².